The van der Waals surface area contributed by atoms with Crippen LogP contribution in [0.3, 0.4) is 0 Å². The number of hydrogen-bond acceptors (Lipinski definition) is 7. The van der Waals surface area contributed by atoms with Gasteiger partial charge in [-0.25, -0.2) is 9.36 Å². The van der Waals surface area contributed by atoms with Crippen molar-refractivity contribution in [3.63, 3.8) is 0 Å². The quantitative estimate of drug-likeness (QED) is 0.514. The fourth-order valence-electron chi connectivity index (χ4n) is 2.10. The summed E-state index contributed by atoms with van der Waals surface area (Å²) in [7, 11) is 0. The van der Waals surface area contributed by atoms with Gasteiger partial charge in [0.1, 0.15) is 0 Å². The summed E-state index contributed by atoms with van der Waals surface area (Å²) in [6, 6.07) is 7.18. The monoisotopic (exact) mass is 318 g/mol. The van der Waals surface area contributed by atoms with Crippen LogP contribution < -0.4 is 0 Å². The number of carbonyl (C=O) groups excluding carboxylic acids is 1. The van der Waals surface area contributed by atoms with Crippen LogP contribution in [0, 0.1) is 0 Å². The van der Waals surface area contributed by atoms with Crippen LogP contribution in [-0.2, 0) is 0 Å². The number of pyridine rings is 2. The van der Waals surface area contributed by atoms with E-state index in [1.807, 2.05) is 12.1 Å². The van der Waals surface area contributed by atoms with Crippen molar-refractivity contribution < 1.29 is 4.79 Å². The lowest BCUT2D eigenvalue weighted by molar-refractivity contribution is 0.102. The molecule has 0 unspecified atom stereocenters. The predicted octanol–water partition coefficient (Wildman–Crippen LogP) is 0.869. The topological polar surface area (TPSA) is 104 Å². The maximum absolute atomic E-state index is 12.5. The fourth-order valence-corrected chi connectivity index (χ4v) is 2.10. The molecule has 0 aliphatic rings. The van der Waals surface area contributed by atoms with Crippen molar-refractivity contribution in [1.29, 1.82) is 0 Å². The van der Waals surface area contributed by atoms with E-state index < -0.39 is 0 Å². The Bertz CT molecular complexity index is 897. The number of hydrogen-bond donors (Lipinski definition) is 0. The average molecular weight is 318 g/mol. The maximum Gasteiger partial charge on any atom is 0.236 e. The van der Waals surface area contributed by atoms with Crippen LogP contribution in [0.15, 0.2) is 61.4 Å². The van der Waals surface area contributed by atoms with Gasteiger partial charge in [-0.3, -0.25) is 14.8 Å². The zero-order chi connectivity index (χ0) is 16.4. The summed E-state index contributed by atoms with van der Waals surface area (Å²) in [4.78, 5) is 20.5. The number of aromatic nitrogens is 8. The Kier molecular flexibility index (Phi) is 3.35. The Labute approximate surface area is 135 Å². The van der Waals surface area contributed by atoms with Gasteiger partial charge in [0.05, 0.1) is 36.2 Å². The largest absolute Gasteiger partial charge is 0.285 e. The first-order valence-electron chi connectivity index (χ1n) is 7.01. The smallest absolute Gasteiger partial charge is 0.236 e. The van der Waals surface area contributed by atoms with E-state index in [1.165, 1.54) is 21.8 Å². The summed E-state index contributed by atoms with van der Waals surface area (Å²) in [6.45, 7) is 0. The summed E-state index contributed by atoms with van der Waals surface area (Å²) in [6.07, 6.45) is 9.63. The van der Waals surface area contributed by atoms with Crippen LogP contribution >= 0.6 is 0 Å². The van der Waals surface area contributed by atoms with Crippen molar-refractivity contribution in [3.8, 4) is 11.4 Å². The molecular weight excluding hydrogens is 308 g/mol. The van der Waals surface area contributed by atoms with Gasteiger partial charge < -0.3 is 0 Å². The van der Waals surface area contributed by atoms with Gasteiger partial charge in [0.25, 0.3) is 0 Å². The highest BCUT2D eigenvalue weighted by Gasteiger charge is 2.18. The van der Waals surface area contributed by atoms with E-state index in [4.69, 9.17) is 0 Å². The molecule has 0 saturated heterocycles. The highest BCUT2D eigenvalue weighted by Crippen LogP contribution is 2.10. The minimum absolute atomic E-state index is 0.178. The van der Waals surface area contributed by atoms with Gasteiger partial charge in [-0.1, -0.05) is 10.4 Å². The van der Waals surface area contributed by atoms with Crippen molar-refractivity contribution in [2.75, 3.05) is 0 Å². The van der Waals surface area contributed by atoms with Crippen LogP contribution in [0.4, 0.5) is 0 Å². The third-order valence-corrected chi connectivity index (χ3v) is 3.27. The molecule has 9 nitrogen and oxygen atoms in total. The van der Waals surface area contributed by atoms with E-state index in [1.54, 1.807) is 36.9 Å². The Morgan fingerprint density at radius 1 is 0.792 bits per heavy atom. The van der Waals surface area contributed by atoms with Crippen LogP contribution in [0.5, 0.6) is 0 Å². The standard InChI is InChI=1S/C15H10N8O/c24-15(13-9-22(20-18-13)11-3-1-5-16-7-11)14-10-23(21-19-14)12-4-2-6-17-8-12/h1-10H. The Morgan fingerprint density at radius 3 is 1.71 bits per heavy atom. The van der Waals surface area contributed by atoms with E-state index in [-0.39, 0.29) is 17.2 Å². The lowest BCUT2D eigenvalue weighted by Crippen LogP contribution is -2.02. The fraction of sp³-hybridized carbons (Fsp3) is 0. The highest BCUT2D eigenvalue weighted by molar-refractivity contribution is 6.05. The van der Waals surface area contributed by atoms with Crippen molar-refractivity contribution in [1.82, 2.24) is 40.0 Å². The van der Waals surface area contributed by atoms with Crippen molar-refractivity contribution in [2.24, 2.45) is 0 Å². The summed E-state index contributed by atoms with van der Waals surface area (Å²) in [5.74, 6) is -0.361. The number of rotatable bonds is 4. The van der Waals surface area contributed by atoms with E-state index in [2.05, 4.69) is 30.6 Å². The van der Waals surface area contributed by atoms with Gasteiger partial charge in [0.15, 0.2) is 11.4 Å². The Morgan fingerprint density at radius 2 is 1.29 bits per heavy atom. The van der Waals surface area contributed by atoms with Crippen molar-refractivity contribution in [2.45, 2.75) is 0 Å². The summed E-state index contributed by atoms with van der Waals surface area (Å²) in [5, 5.41) is 15.7. The molecule has 0 aliphatic heterocycles. The molecule has 9 heteroatoms. The molecule has 0 N–H and O–H groups in total. The van der Waals surface area contributed by atoms with Crippen LogP contribution in [0.25, 0.3) is 11.4 Å². The van der Waals surface area contributed by atoms with E-state index >= 15 is 0 Å². The Hall–Kier alpha value is -3.75. The highest BCUT2D eigenvalue weighted by atomic mass is 16.1. The first-order valence-corrected chi connectivity index (χ1v) is 7.01. The minimum atomic E-state index is -0.361. The molecule has 0 aromatic carbocycles. The minimum Gasteiger partial charge on any atom is -0.285 e. The van der Waals surface area contributed by atoms with Gasteiger partial charge in [0.2, 0.25) is 5.78 Å². The normalized spacial score (nSPS) is 10.7. The Balaban J connectivity index is 1.61. The van der Waals surface area contributed by atoms with Crippen LogP contribution in [0.1, 0.15) is 16.2 Å². The second kappa shape index (κ2) is 5.80. The van der Waals surface area contributed by atoms with E-state index in [9.17, 15) is 4.79 Å². The molecule has 116 valence electrons. The molecule has 0 radical (unpaired) electrons. The molecule has 0 spiro atoms. The molecule has 0 amide bonds. The summed E-state index contributed by atoms with van der Waals surface area (Å²) in [5.41, 5.74) is 1.78. The number of nitrogens with zero attached hydrogens (tertiary/aromatic N) is 8. The predicted molar refractivity (Wildman–Crippen MR) is 81.7 cm³/mol. The van der Waals surface area contributed by atoms with Crippen molar-refractivity contribution >= 4 is 5.78 Å². The first kappa shape index (κ1) is 13.9. The molecule has 0 bridgehead atoms. The van der Waals surface area contributed by atoms with Gasteiger partial charge in [-0.2, -0.15) is 0 Å². The molecule has 4 aromatic rings. The molecule has 0 aliphatic carbocycles. The first-order chi connectivity index (χ1) is 11.8. The molecular formula is C15H10N8O. The zero-order valence-corrected chi connectivity index (χ0v) is 12.3. The lowest BCUT2D eigenvalue weighted by atomic mass is 10.2. The number of ketones is 1. The third-order valence-electron chi connectivity index (χ3n) is 3.27. The van der Waals surface area contributed by atoms with Crippen LogP contribution in [-0.4, -0.2) is 45.7 Å². The molecule has 0 saturated carbocycles. The second-order valence-electron chi connectivity index (χ2n) is 4.85. The lowest BCUT2D eigenvalue weighted by Gasteiger charge is -1.96. The molecule has 4 heterocycles. The maximum atomic E-state index is 12.5. The molecule has 0 fully saturated rings. The van der Waals surface area contributed by atoms with Crippen LogP contribution in [0.2, 0.25) is 0 Å². The number of carbonyl (C=O) groups is 1. The van der Waals surface area contributed by atoms with E-state index in [0.717, 1.165) is 0 Å². The molecule has 0 atom stereocenters. The molecule has 24 heavy (non-hydrogen) atoms. The average Bonchev–Trinajstić information content (AvgIpc) is 3.33. The summed E-state index contributed by atoms with van der Waals surface area (Å²) >= 11 is 0. The van der Waals surface area contributed by atoms with Gasteiger partial charge in [-0.15, -0.1) is 10.2 Å². The SMILES string of the molecule is O=C(c1cn(-c2cccnc2)nn1)c1cn(-c2cccnc2)nn1. The summed E-state index contributed by atoms with van der Waals surface area (Å²) < 4.78 is 2.96. The molecule has 4 aromatic heterocycles. The van der Waals surface area contributed by atoms with Gasteiger partial charge in [0, 0.05) is 12.4 Å². The van der Waals surface area contributed by atoms with Gasteiger partial charge >= 0.3 is 0 Å². The third kappa shape index (κ3) is 2.54. The van der Waals surface area contributed by atoms with Crippen molar-refractivity contribution in [3.05, 3.63) is 72.8 Å². The van der Waals surface area contributed by atoms with E-state index in [0.29, 0.717) is 11.4 Å². The van der Waals surface area contributed by atoms with Gasteiger partial charge in [-0.05, 0) is 24.3 Å². The zero-order valence-electron chi connectivity index (χ0n) is 12.3. The second-order valence-corrected chi connectivity index (χ2v) is 4.85. The molecule has 4 rings (SSSR count).